The molecule has 0 saturated heterocycles. The van der Waals surface area contributed by atoms with Gasteiger partial charge < -0.3 is 0 Å². The molecular formula is C9H12S. The molecule has 1 heteroatoms. The van der Waals surface area contributed by atoms with E-state index < -0.39 is 0 Å². The molecule has 0 N–H and O–H groups in total. The zero-order chi connectivity index (χ0) is 7.19. The minimum atomic E-state index is 0.361. The van der Waals surface area contributed by atoms with Crippen LogP contribution in [0.1, 0.15) is 26.2 Å². The second kappa shape index (κ2) is 1.91. The van der Waals surface area contributed by atoms with Crippen molar-refractivity contribution >= 4 is 17.1 Å². The molecule has 54 valence electrons. The summed E-state index contributed by atoms with van der Waals surface area (Å²) in [6, 6.07) is 0. The Labute approximate surface area is 67.3 Å². The third-order valence-corrected chi connectivity index (χ3v) is 3.38. The number of hydrogen-bond acceptors (Lipinski definition) is 1. The summed E-state index contributed by atoms with van der Waals surface area (Å²) < 4.78 is 0. The van der Waals surface area contributed by atoms with Gasteiger partial charge in [-0.3, -0.25) is 0 Å². The zero-order valence-electron chi connectivity index (χ0n) is 6.26. The average molecular weight is 152 g/mol. The van der Waals surface area contributed by atoms with Crippen LogP contribution in [0.3, 0.4) is 0 Å². The van der Waals surface area contributed by atoms with Crippen molar-refractivity contribution in [3.05, 3.63) is 12.2 Å². The third kappa shape index (κ3) is 0.701. The lowest BCUT2D eigenvalue weighted by atomic mass is 9.85. The molecule has 2 aliphatic rings. The highest BCUT2D eigenvalue weighted by atomic mass is 32.1. The maximum atomic E-state index is 5.24. The van der Waals surface area contributed by atoms with Crippen molar-refractivity contribution in [2.24, 2.45) is 11.3 Å². The molecule has 0 aliphatic heterocycles. The molecular weight excluding hydrogens is 140 g/mol. The summed E-state index contributed by atoms with van der Waals surface area (Å²) in [4.78, 5) is 1.20. The summed E-state index contributed by atoms with van der Waals surface area (Å²) >= 11 is 5.24. The molecule has 0 aromatic carbocycles. The highest BCUT2D eigenvalue weighted by molar-refractivity contribution is 7.80. The van der Waals surface area contributed by atoms with Gasteiger partial charge >= 0.3 is 0 Å². The van der Waals surface area contributed by atoms with Gasteiger partial charge in [0.1, 0.15) is 0 Å². The zero-order valence-corrected chi connectivity index (χ0v) is 7.08. The Kier molecular flexibility index (Phi) is 1.25. The van der Waals surface area contributed by atoms with Crippen LogP contribution >= 0.6 is 12.2 Å². The summed E-state index contributed by atoms with van der Waals surface area (Å²) in [5.41, 5.74) is 0.361. The molecule has 0 nitrogen and oxygen atoms in total. The highest BCUT2D eigenvalue weighted by Crippen LogP contribution is 2.49. The first-order valence-electron chi connectivity index (χ1n) is 3.93. The fourth-order valence-corrected chi connectivity index (χ4v) is 2.44. The van der Waals surface area contributed by atoms with Crippen molar-refractivity contribution in [2.75, 3.05) is 0 Å². The number of thiocarbonyl (C=S) groups is 1. The summed E-state index contributed by atoms with van der Waals surface area (Å²) in [5, 5.41) is 0. The normalized spacial score (nSPS) is 42.7. The highest BCUT2D eigenvalue weighted by Gasteiger charge is 2.41. The number of rotatable bonds is 1. The average Bonchev–Trinajstić information content (AvgIpc) is 2.45. The van der Waals surface area contributed by atoms with Gasteiger partial charge in [0.15, 0.2) is 0 Å². The predicted molar refractivity (Wildman–Crippen MR) is 47.2 cm³/mol. The first-order chi connectivity index (χ1) is 4.73. The van der Waals surface area contributed by atoms with Crippen LogP contribution in [0.25, 0.3) is 0 Å². The Morgan fingerprint density at radius 2 is 2.50 bits per heavy atom. The van der Waals surface area contributed by atoms with E-state index in [2.05, 4.69) is 19.1 Å². The molecule has 2 atom stereocenters. The molecule has 0 heterocycles. The van der Waals surface area contributed by atoms with Gasteiger partial charge in [0, 0.05) is 5.41 Å². The molecule has 1 saturated carbocycles. The van der Waals surface area contributed by atoms with E-state index >= 15 is 0 Å². The first-order valence-corrected chi connectivity index (χ1v) is 4.34. The molecule has 0 amide bonds. The largest absolute Gasteiger partial charge is 0.0890 e. The van der Waals surface area contributed by atoms with Gasteiger partial charge in [0.25, 0.3) is 0 Å². The second-order valence-corrected chi connectivity index (χ2v) is 4.19. The van der Waals surface area contributed by atoms with E-state index in [-0.39, 0.29) is 0 Å². The molecule has 2 bridgehead atoms. The Hall–Kier alpha value is -0.170. The van der Waals surface area contributed by atoms with E-state index in [0.29, 0.717) is 5.41 Å². The van der Waals surface area contributed by atoms with Crippen LogP contribution < -0.4 is 0 Å². The van der Waals surface area contributed by atoms with Crippen LogP contribution in [-0.4, -0.2) is 4.86 Å². The van der Waals surface area contributed by atoms with Crippen molar-refractivity contribution in [3.8, 4) is 0 Å². The van der Waals surface area contributed by atoms with Crippen molar-refractivity contribution in [1.82, 2.24) is 0 Å². The Morgan fingerprint density at radius 3 is 2.70 bits per heavy atom. The monoisotopic (exact) mass is 152 g/mol. The standard InChI is InChI=1S/C9H12S/c1-7(10)9-4-2-8(6-9)3-5-9/h2,4,8H,3,5-6H2,1H3. The molecule has 0 spiro atoms. The third-order valence-electron chi connectivity index (χ3n) is 2.98. The quantitative estimate of drug-likeness (QED) is 0.411. The summed E-state index contributed by atoms with van der Waals surface area (Å²) in [7, 11) is 0. The van der Waals surface area contributed by atoms with E-state index in [1.807, 2.05) is 0 Å². The van der Waals surface area contributed by atoms with Gasteiger partial charge in [-0.05, 0) is 37.0 Å². The lowest BCUT2D eigenvalue weighted by Crippen LogP contribution is -2.19. The Bertz CT molecular complexity index is 205. The van der Waals surface area contributed by atoms with Crippen LogP contribution in [-0.2, 0) is 0 Å². The number of fused-ring (bicyclic) bond motifs is 2. The molecule has 1 fully saturated rings. The van der Waals surface area contributed by atoms with Gasteiger partial charge in [-0.25, -0.2) is 0 Å². The van der Waals surface area contributed by atoms with E-state index in [0.717, 1.165) is 5.92 Å². The molecule has 2 aliphatic carbocycles. The fraction of sp³-hybridized carbons (Fsp3) is 0.667. The van der Waals surface area contributed by atoms with Gasteiger partial charge in [0.05, 0.1) is 0 Å². The van der Waals surface area contributed by atoms with Crippen LogP contribution in [0.15, 0.2) is 12.2 Å². The second-order valence-electron chi connectivity index (χ2n) is 3.57. The minimum absolute atomic E-state index is 0.361. The first kappa shape index (κ1) is 6.53. The van der Waals surface area contributed by atoms with Crippen LogP contribution in [0.2, 0.25) is 0 Å². The summed E-state index contributed by atoms with van der Waals surface area (Å²) in [6.45, 7) is 2.09. The molecule has 2 unspecified atom stereocenters. The number of hydrogen-bond donors (Lipinski definition) is 0. The molecule has 0 radical (unpaired) electrons. The SMILES string of the molecule is CC(=S)C12C=CC(CC1)C2. The van der Waals surface area contributed by atoms with E-state index in [1.165, 1.54) is 24.1 Å². The van der Waals surface area contributed by atoms with Gasteiger partial charge in [-0.2, -0.15) is 0 Å². The van der Waals surface area contributed by atoms with Gasteiger partial charge in [-0.1, -0.05) is 24.4 Å². The van der Waals surface area contributed by atoms with Gasteiger partial charge in [-0.15, -0.1) is 0 Å². The molecule has 10 heavy (non-hydrogen) atoms. The lowest BCUT2D eigenvalue weighted by molar-refractivity contribution is 0.573. The lowest BCUT2D eigenvalue weighted by Gasteiger charge is -2.21. The van der Waals surface area contributed by atoms with Crippen molar-refractivity contribution in [1.29, 1.82) is 0 Å². The van der Waals surface area contributed by atoms with Crippen molar-refractivity contribution in [3.63, 3.8) is 0 Å². The minimum Gasteiger partial charge on any atom is -0.0890 e. The predicted octanol–water partition coefficient (Wildman–Crippen LogP) is 2.73. The maximum absolute atomic E-state index is 5.24. The van der Waals surface area contributed by atoms with E-state index in [4.69, 9.17) is 12.2 Å². The van der Waals surface area contributed by atoms with Crippen molar-refractivity contribution < 1.29 is 0 Å². The summed E-state index contributed by atoms with van der Waals surface area (Å²) in [5.74, 6) is 0.859. The smallest absolute Gasteiger partial charge is 0.0199 e. The van der Waals surface area contributed by atoms with E-state index in [1.54, 1.807) is 0 Å². The maximum Gasteiger partial charge on any atom is 0.0199 e. The van der Waals surface area contributed by atoms with Crippen molar-refractivity contribution in [2.45, 2.75) is 26.2 Å². The van der Waals surface area contributed by atoms with Crippen LogP contribution in [0.5, 0.6) is 0 Å². The number of allylic oxidation sites excluding steroid dienone is 2. The van der Waals surface area contributed by atoms with E-state index in [9.17, 15) is 0 Å². The molecule has 0 aromatic heterocycles. The fourth-order valence-electron chi connectivity index (χ4n) is 2.19. The summed E-state index contributed by atoms with van der Waals surface area (Å²) in [6.07, 6.45) is 8.67. The molecule has 0 aromatic rings. The topological polar surface area (TPSA) is 0 Å². The molecule has 2 rings (SSSR count). The Morgan fingerprint density at radius 1 is 1.70 bits per heavy atom. The van der Waals surface area contributed by atoms with Crippen LogP contribution in [0, 0.1) is 11.3 Å². The van der Waals surface area contributed by atoms with Crippen LogP contribution in [0.4, 0.5) is 0 Å². The Balaban J connectivity index is 2.32. The van der Waals surface area contributed by atoms with Gasteiger partial charge in [0.2, 0.25) is 0 Å².